The monoisotopic (exact) mass is 473 g/mol. The fourth-order valence-electron chi connectivity index (χ4n) is 4.30. The molecule has 0 aliphatic carbocycles. The Hall–Kier alpha value is -2.94. The van der Waals surface area contributed by atoms with Gasteiger partial charge in [0, 0.05) is 13.1 Å². The van der Waals surface area contributed by atoms with Crippen molar-refractivity contribution in [2.24, 2.45) is 11.8 Å². The van der Waals surface area contributed by atoms with E-state index in [9.17, 15) is 18.4 Å². The largest absolute Gasteiger partial charge is 0.435 e. The molecule has 174 valence electrons. The number of thioether (sulfide) groups is 1. The number of carbonyl (C=O) groups is 1. The number of piperidine rings is 1. The molecule has 2 atom stereocenters. The number of ether oxygens (including phenoxy) is 1. The third-order valence-electron chi connectivity index (χ3n) is 5.61. The molecular formula is C24H25F2N3O3S. The molecule has 0 N–H and O–H groups in total. The van der Waals surface area contributed by atoms with E-state index >= 15 is 0 Å². The molecule has 33 heavy (non-hydrogen) atoms. The van der Waals surface area contributed by atoms with Crippen LogP contribution >= 0.6 is 11.8 Å². The SMILES string of the molecule is CC1CC(C)CN(C(=O)CSc2nc3ccccc3c(=O)n2-c2ccc(OC(F)F)cc2)C1. The number of hydrogen-bond donors (Lipinski definition) is 0. The van der Waals surface area contributed by atoms with Gasteiger partial charge in [-0.2, -0.15) is 8.78 Å². The Morgan fingerprint density at radius 1 is 1.12 bits per heavy atom. The van der Waals surface area contributed by atoms with Gasteiger partial charge in [-0.1, -0.05) is 37.7 Å². The topological polar surface area (TPSA) is 64.4 Å². The van der Waals surface area contributed by atoms with Crippen LogP contribution < -0.4 is 10.3 Å². The van der Waals surface area contributed by atoms with Crippen LogP contribution in [0.1, 0.15) is 20.3 Å². The molecule has 1 aliphatic rings. The van der Waals surface area contributed by atoms with Gasteiger partial charge in [0.15, 0.2) is 5.16 Å². The van der Waals surface area contributed by atoms with Gasteiger partial charge < -0.3 is 9.64 Å². The van der Waals surface area contributed by atoms with E-state index in [2.05, 4.69) is 23.6 Å². The van der Waals surface area contributed by atoms with Crippen LogP contribution in [0.25, 0.3) is 16.6 Å². The number of benzene rings is 2. The number of rotatable bonds is 6. The Morgan fingerprint density at radius 3 is 2.45 bits per heavy atom. The number of nitrogens with zero attached hydrogens (tertiary/aromatic N) is 3. The van der Waals surface area contributed by atoms with Crippen molar-refractivity contribution in [3.05, 3.63) is 58.9 Å². The highest BCUT2D eigenvalue weighted by molar-refractivity contribution is 7.99. The first-order valence-electron chi connectivity index (χ1n) is 10.8. The van der Waals surface area contributed by atoms with Gasteiger partial charge in [-0.3, -0.25) is 14.2 Å². The van der Waals surface area contributed by atoms with Crippen molar-refractivity contribution in [2.45, 2.75) is 32.0 Å². The van der Waals surface area contributed by atoms with Crippen LogP contribution in [0, 0.1) is 11.8 Å². The fourth-order valence-corrected chi connectivity index (χ4v) is 5.21. The number of fused-ring (bicyclic) bond motifs is 1. The molecule has 1 amide bonds. The molecule has 3 aromatic rings. The molecule has 2 heterocycles. The lowest BCUT2D eigenvalue weighted by atomic mass is 9.92. The van der Waals surface area contributed by atoms with E-state index < -0.39 is 6.61 Å². The van der Waals surface area contributed by atoms with Gasteiger partial charge in [-0.05, 0) is 54.7 Å². The normalized spacial score (nSPS) is 18.6. The average Bonchev–Trinajstić information content (AvgIpc) is 2.77. The number of halogens is 2. The van der Waals surface area contributed by atoms with Gasteiger partial charge in [0.25, 0.3) is 5.56 Å². The highest BCUT2D eigenvalue weighted by Crippen LogP contribution is 2.26. The van der Waals surface area contributed by atoms with Gasteiger partial charge >= 0.3 is 6.61 Å². The number of para-hydroxylation sites is 1. The number of alkyl halides is 2. The average molecular weight is 474 g/mol. The van der Waals surface area contributed by atoms with Gasteiger partial charge in [0.05, 0.1) is 22.3 Å². The van der Waals surface area contributed by atoms with Crippen LogP contribution in [-0.2, 0) is 4.79 Å². The fraction of sp³-hybridized carbons (Fsp3) is 0.375. The van der Waals surface area contributed by atoms with E-state index in [-0.39, 0.29) is 23.0 Å². The zero-order valence-electron chi connectivity index (χ0n) is 18.4. The lowest BCUT2D eigenvalue weighted by molar-refractivity contribution is -0.130. The summed E-state index contributed by atoms with van der Waals surface area (Å²) in [6.45, 7) is 2.82. The van der Waals surface area contributed by atoms with Crippen LogP contribution in [0.15, 0.2) is 58.5 Å². The third-order valence-corrected chi connectivity index (χ3v) is 6.53. The maximum atomic E-state index is 13.3. The summed E-state index contributed by atoms with van der Waals surface area (Å²) in [5.74, 6) is 1.06. The Labute approximate surface area is 194 Å². The molecule has 9 heteroatoms. The van der Waals surface area contributed by atoms with Gasteiger partial charge in [-0.15, -0.1) is 0 Å². The smallest absolute Gasteiger partial charge is 0.387 e. The quantitative estimate of drug-likeness (QED) is 0.387. The van der Waals surface area contributed by atoms with Gasteiger partial charge in [0.2, 0.25) is 5.91 Å². The lowest BCUT2D eigenvalue weighted by Crippen LogP contribution is -2.43. The molecule has 1 fully saturated rings. The third kappa shape index (κ3) is 5.35. The lowest BCUT2D eigenvalue weighted by Gasteiger charge is -2.35. The Morgan fingerprint density at radius 2 is 1.79 bits per heavy atom. The second-order valence-corrected chi connectivity index (χ2v) is 9.40. The maximum absolute atomic E-state index is 13.3. The van der Waals surface area contributed by atoms with Crippen molar-refractivity contribution >= 4 is 28.6 Å². The van der Waals surface area contributed by atoms with Crippen LogP contribution in [-0.4, -0.2) is 45.8 Å². The van der Waals surface area contributed by atoms with E-state index in [1.165, 1.54) is 40.6 Å². The number of hydrogen-bond acceptors (Lipinski definition) is 5. The zero-order valence-corrected chi connectivity index (χ0v) is 19.2. The van der Waals surface area contributed by atoms with Crippen LogP contribution in [0.2, 0.25) is 0 Å². The van der Waals surface area contributed by atoms with Crippen molar-refractivity contribution in [3.63, 3.8) is 0 Å². The standard InChI is InChI=1S/C24H25F2N3O3S/c1-15-11-16(2)13-28(12-15)21(30)14-33-24-27-20-6-4-3-5-19(20)22(31)29(24)17-7-9-18(10-8-17)32-23(25)26/h3-10,15-16,23H,11-14H2,1-2H3. The highest BCUT2D eigenvalue weighted by Gasteiger charge is 2.26. The first-order valence-corrected chi connectivity index (χ1v) is 11.8. The van der Waals surface area contributed by atoms with Crippen molar-refractivity contribution in [2.75, 3.05) is 18.8 Å². The van der Waals surface area contributed by atoms with Gasteiger partial charge in [0.1, 0.15) is 5.75 Å². The van der Waals surface area contributed by atoms with E-state index in [0.29, 0.717) is 33.6 Å². The molecule has 0 saturated carbocycles. The second-order valence-electron chi connectivity index (χ2n) is 8.46. The molecule has 0 radical (unpaired) electrons. The number of carbonyl (C=O) groups excluding carboxylic acids is 1. The predicted molar refractivity (Wildman–Crippen MR) is 124 cm³/mol. The van der Waals surface area contributed by atoms with E-state index in [4.69, 9.17) is 0 Å². The van der Waals surface area contributed by atoms with E-state index in [0.717, 1.165) is 19.5 Å². The minimum Gasteiger partial charge on any atom is -0.435 e. The van der Waals surface area contributed by atoms with E-state index in [1.807, 2.05) is 4.90 Å². The van der Waals surface area contributed by atoms with Crippen molar-refractivity contribution in [3.8, 4) is 11.4 Å². The summed E-state index contributed by atoms with van der Waals surface area (Å²) in [4.78, 5) is 32.7. The maximum Gasteiger partial charge on any atom is 0.387 e. The highest BCUT2D eigenvalue weighted by atomic mass is 32.2. The molecule has 4 rings (SSSR count). The van der Waals surface area contributed by atoms with E-state index in [1.54, 1.807) is 24.3 Å². The minimum absolute atomic E-state index is 0.00623. The summed E-state index contributed by atoms with van der Waals surface area (Å²) < 4.78 is 30.8. The first kappa shape index (κ1) is 23.2. The molecule has 0 bridgehead atoms. The molecule has 1 aromatic heterocycles. The summed E-state index contributed by atoms with van der Waals surface area (Å²) in [5.41, 5.74) is 0.694. The zero-order chi connectivity index (χ0) is 23.5. The van der Waals surface area contributed by atoms with Crippen molar-refractivity contribution in [1.82, 2.24) is 14.5 Å². The van der Waals surface area contributed by atoms with Crippen LogP contribution in [0.4, 0.5) is 8.78 Å². The van der Waals surface area contributed by atoms with Crippen LogP contribution in [0.5, 0.6) is 5.75 Å². The number of amides is 1. The molecule has 1 aliphatic heterocycles. The summed E-state index contributed by atoms with van der Waals surface area (Å²) in [6, 6.07) is 12.8. The summed E-state index contributed by atoms with van der Waals surface area (Å²) in [6.07, 6.45) is 1.11. The predicted octanol–water partition coefficient (Wildman–Crippen LogP) is 4.58. The summed E-state index contributed by atoms with van der Waals surface area (Å²) in [7, 11) is 0. The van der Waals surface area contributed by atoms with Crippen LogP contribution in [0.3, 0.4) is 0 Å². The molecular weight excluding hydrogens is 448 g/mol. The molecule has 0 spiro atoms. The number of aromatic nitrogens is 2. The first-order chi connectivity index (χ1) is 15.8. The second kappa shape index (κ2) is 9.91. The molecule has 6 nitrogen and oxygen atoms in total. The molecule has 1 saturated heterocycles. The summed E-state index contributed by atoms with van der Waals surface area (Å²) in [5, 5.41) is 0.799. The molecule has 2 aromatic carbocycles. The Kier molecular flexibility index (Phi) is 6.97. The Bertz CT molecular complexity index is 1190. The van der Waals surface area contributed by atoms with Crippen molar-refractivity contribution in [1.29, 1.82) is 0 Å². The van der Waals surface area contributed by atoms with Crippen molar-refractivity contribution < 1.29 is 18.3 Å². The summed E-state index contributed by atoms with van der Waals surface area (Å²) >= 11 is 1.20. The minimum atomic E-state index is -2.93. The number of likely N-dealkylation sites (tertiary alicyclic amines) is 1. The molecule has 2 unspecified atom stereocenters. The Balaban J connectivity index is 1.65. The van der Waals surface area contributed by atoms with Gasteiger partial charge in [-0.25, -0.2) is 4.98 Å².